The maximum atomic E-state index is 13.2. The predicted octanol–water partition coefficient (Wildman–Crippen LogP) is 6.97. The molecule has 0 saturated heterocycles. The summed E-state index contributed by atoms with van der Waals surface area (Å²) in [5, 5.41) is 0.492. The van der Waals surface area contributed by atoms with Crippen LogP contribution in [-0.4, -0.2) is 27.4 Å². The largest absolute Gasteiger partial charge is 0.416 e. The molecule has 0 aliphatic carbocycles. The Morgan fingerprint density at radius 2 is 1.51 bits per heavy atom. The summed E-state index contributed by atoms with van der Waals surface area (Å²) in [7, 11) is 1.71. The van der Waals surface area contributed by atoms with Crippen LogP contribution in [0.2, 0.25) is 0 Å². The number of carbonyl (C=O) groups excluding carboxylic acids is 1. The number of hydrogen-bond acceptors (Lipinski definition) is 4. The van der Waals surface area contributed by atoms with Crippen molar-refractivity contribution in [3.05, 3.63) is 117 Å². The van der Waals surface area contributed by atoms with E-state index in [9.17, 15) is 27.2 Å². The molecule has 0 radical (unpaired) electrons. The molecule has 214 valence electrons. The van der Waals surface area contributed by atoms with E-state index in [1.807, 2.05) is 35.8 Å². The lowest BCUT2D eigenvalue weighted by molar-refractivity contribution is -0.137. The number of nitrogens with zero attached hydrogens (tertiary/aromatic N) is 3. The molecule has 0 N–H and O–H groups in total. The van der Waals surface area contributed by atoms with Crippen LogP contribution in [0.4, 0.5) is 17.6 Å². The van der Waals surface area contributed by atoms with Gasteiger partial charge in [-0.05, 0) is 52.9 Å². The maximum Gasteiger partial charge on any atom is 0.416 e. The highest BCUT2D eigenvalue weighted by molar-refractivity contribution is 7.98. The smallest absolute Gasteiger partial charge is 0.341 e. The number of carbonyl (C=O) groups is 1. The zero-order chi connectivity index (χ0) is 29.6. The second kappa shape index (κ2) is 13.2. The first kappa shape index (κ1) is 30.0. The molecule has 10 heteroatoms. The van der Waals surface area contributed by atoms with Crippen molar-refractivity contribution in [2.45, 2.75) is 49.9 Å². The Kier molecular flexibility index (Phi) is 9.65. The summed E-state index contributed by atoms with van der Waals surface area (Å²) in [5.41, 5.74) is 2.78. The average Bonchev–Trinajstić information content (AvgIpc) is 2.96. The fourth-order valence-electron chi connectivity index (χ4n) is 4.19. The summed E-state index contributed by atoms with van der Waals surface area (Å²) in [6.45, 7) is 2.57. The van der Waals surface area contributed by atoms with Gasteiger partial charge in [0.2, 0.25) is 5.91 Å². The predicted molar refractivity (Wildman–Crippen MR) is 152 cm³/mol. The highest BCUT2D eigenvalue weighted by atomic mass is 32.2. The highest BCUT2D eigenvalue weighted by Crippen LogP contribution is 2.31. The molecule has 3 aromatic carbocycles. The summed E-state index contributed by atoms with van der Waals surface area (Å²) >= 11 is 1.35. The van der Waals surface area contributed by atoms with E-state index in [0.29, 0.717) is 41.5 Å². The van der Waals surface area contributed by atoms with Crippen LogP contribution < -0.4 is 5.56 Å². The van der Waals surface area contributed by atoms with Gasteiger partial charge in [0.15, 0.2) is 5.16 Å². The third-order valence-electron chi connectivity index (χ3n) is 6.60. The van der Waals surface area contributed by atoms with E-state index in [1.165, 1.54) is 36.0 Å². The molecule has 0 bridgehead atoms. The maximum absolute atomic E-state index is 13.2. The Bertz CT molecular complexity index is 1530. The summed E-state index contributed by atoms with van der Waals surface area (Å²) in [6, 6.07) is 18.5. The Hall–Kier alpha value is -3.92. The monoisotopic (exact) mass is 583 g/mol. The van der Waals surface area contributed by atoms with Crippen LogP contribution in [0.15, 0.2) is 88.9 Å². The quantitative estimate of drug-likeness (QED) is 0.115. The van der Waals surface area contributed by atoms with Gasteiger partial charge in [-0.25, -0.2) is 4.39 Å². The fourth-order valence-corrected chi connectivity index (χ4v) is 5.14. The third-order valence-corrected chi connectivity index (χ3v) is 7.66. The van der Waals surface area contributed by atoms with Gasteiger partial charge in [-0.3, -0.25) is 9.59 Å². The van der Waals surface area contributed by atoms with E-state index in [0.717, 1.165) is 28.8 Å². The van der Waals surface area contributed by atoms with Crippen LogP contribution in [0, 0.1) is 5.82 Å². The lowest BCUT2D eigenvalue weighted by atomic mass is 10.0. The van der Waals surface area contributed by atoms with Crippen molar-refractivity contribution in [3.8, 4) is 11.1 Å². The van der Waals surface area contributed by atoms with Crippen LogP contribution in [0.1, 0.15) is 35.6 Å². The van der Waals surface area contributed by atoms with Gasteiger partial charge in [0.25, 0.3) is 5.56 Å². The Morgan fingerprint density at radius 3 is 2.10 bits per heavy atom. The number of halogens is 4. The minimum absolute atomic E-state index is 0.0944. The van der Waals surface area contributed by atoms with Gasteiger partial charge in [-0.2, -0.15) is 18.2 Å². The van der Waals surface area contributed by atoms with Gasteiger partial charge < -0.3 is 9.47 Å². The zero-order valence-corrected chi connectivity index (χ0v) is 23.4. The molecule has 41 heavy (non-hydrogen) atoms. The molecule has 0 saturated carbocycles. The molecule has 0 atom stereocenters. The van der Waals surface area contributed by atoms with E-state index < -0.39 is 11.7 Å². The van der Waals surface area contributed by atoms with Crippen LogP contribution in [0.25, 0.3) is 11.1 Å². The Morgan fingerprint density at radius 1 is 0.927 bits per heavy atom. The molecule has 1 heterocycles. The summed E-state index contributed by atoms with van der Waals surface area (Å²) in [6.07, 6.45) is -1.92. The number of aromatic nitrogens is 2. The number of hydrogen-bond donors (Lipinski definition) is 0. The highest BCUT2D eigenvalue weighted by Gasteiger charge is 2.30. The summed E-state index contributed by atoms with van der Waals surface area (Å²) < 4.78 is 53.5. The van der Waals surface area contributed by atoms with E-state index >= 15 is 0 Å². The Labute approximate surface area is 239 Å². The zero-order valence-electron chi connectivity index (χ0n) is 22.6. The number of rotatable bonds is 10. The van der Waals surface area contributed by atoms with Crippen molar-refractivity contribution in [3.63, 3.8) is 0 Å². The molecule has 0 aliphatic rings. The first-order valence-electron chi connectivity index (χ1n) is 13.0. The fraction of sp³-hybridized carbons (Fsp3) is 0.258. The Balaban J connectivity index is 1.37. The molecule has 1 aromatic heterocycles. The van der Waals surface area contributed by atoms with Gasteiger partial charge in [-0.15, -0.1) is 0 Å². The number of thioether (sulfide) groups is 1. The van der Waals surface area contributed by atoms with Gasteiger partial charge in [0.05, 0.1) is 5.56 Å². The molecule has 0 unspecified atom stereocenters. The van der Waals surface area contributed by atoms with E-state index in [2.05, 4.69) is 4.98 Å². The first-order valence-corrected chi connectivity index (χ1v) is 14.0. The second-order valence-corrected chi connectivity index (χ2v) is 10.5. The lowest BCUT2D eigenvalue weighted by Crippen LogP contribution is -2.28. The third kappa shape index (κ3) is 8.07. The molecular weight excluding hydrogens is 554 g/mol. The van der Waals surface area contributed by atoms with Crippen LogP contribution in [0.3, 0.4) is 0 Å². The van der Waals surface area contributed by atoms with E-state index in [4.69, 9.17) is 0 Å². The van der Waals surface area contributed by atoms with Crippen molar-refractivity contribution in [1.29, 1.82) is 0 Å². The minimum Gasteiger partial charge on any atom is -0.341 e. The molecular formula is C31H29F4N3O2S. The van der Waals surface area contributed by atoms with Crippen molar-refractivity contribution in [2.24, 2.45) is 0 Å². The van der Waals surface area contributed by atoms with Gasteiger partial charge >= 0.3 is 6.18 Å². The lowest BCUT2D eigenvalue weighted by Gasteiger charge is -2.19. The van der Waals surface area contributed by atoms with Gasteiger partial charge in [-0.1, -0.05) is 67.2 Å². The SMILES string of the molecule is CCc1cn(CCC(=O)N(C)Cc2ccc(-c3ccc(C(F)(F)F)cc3)cc2)c(SCc2ccc(F)cc2)nc1=O. The van der Waals surface area contributed by atoms with Crippen molar-refractivity contribution >= 4 is 17.7 Å². The average molecular weight is 584 g/mol. The number of aryl methyl sites for hydroxylation is 2. The van der Waals surface area contributed by atoms with Crippen molar-refractivity contribution < 1.29 is 22.4 Å². The molecule has 0 spiro atoms. The molecule has 5 nitrogen and oxygen atoms in total. The van der Waals surface area contributed by atoms with Crippen molar-refractivity contribution in [2.75, 3.05) is 7.05 Å². The summed E-state index contributed by atoms with van der Waals surface area (Å²) in [5.74, 6) is 0.0796. The van der Waals surface area contributed by atoms with E-state index in [1.54, 1.807) is 30.3 Å². The first-order chi connectivity index (χ1) is 19.5. The van der Waals surface area contributed by atoms with E-state index in [-0.39, 0.29) is 23.7 Å². The summed E-state index contributed by atoms with van der Waals surface area (Å²) in [4.78, 5) is 31.2. The molecule has 4 aromatic rings. The second-order valence-electron chi connectivity index (χ2n) is 9.59. The minimum atomic E-state index is -4.38. The normalized spacial score (nSPS) is 11.5. The molecule has 0 fully saturated rings. The van der Waals surface area contributed by atoms with Crippen LogP contribution in [0.5, 0.6) is 0 Å². The van der Waals surface area contributed by atoms with Crippen molar-refractivity contribution in [1.82, 2.24) is 14.5 Å². The molecule has 0 aliphatic heterocycles. The van der Waals surface area contributed by atoms with Gasteiger partial charge in [0, 0.05) is 44.1 Å². The molecule has 1 amide bonds. The molecule has 4 rings (SSSR count). The number of amides is 1. The standard InChI is InChI=1S/C31H29F4N3O2S/c1-3-23-19-38(30(36-29(23)40)41-20-22-6-14-27(32)15-7-22)17-16-28(39)37(2)18-21-4-8-24(9-5-21)25-10-12-26(13-11-25)31(33,34)35/h4-15,19H,3,16-18,20H2,1-2H3. The van der Waals surface area contributed by atoms with Gasteiger partial charge in [0.1, 0.15) is 5.82 Å². The topological polar surface area (TPSA) is 55.2 Å². The van der Waals surface area contributed by atoms with Crippen LogP contribution in [-0.2, 0) is 36.2 Å². The number of alkyl halides is 3. The van der Waals surface area contributed by atoms with Crippen LogP contribution >= 0.6 is 11.8 Å². The number of benzene rings is 3.